The number of carbonyl (C=O) groups excluding carboxylic acids is 2. The Bertz CT molecular complexity index is 876. The van der Waals surface area contributed by atoms with Crippen molar-refractivity contribution >= 4 is 17.5 Å². The summed E-state index contributed by atoms with van der Waals surface area (Å²) < 4.78 is 43.6. The fraction of sp³-hybridized carbons (Fsp3) is 0.667. The van der Waals surface area contributed by atoms with Crippen LogP contribution in [0.2, 0.25) is 0 Å². The van der Waals surface area contributed by atoms with Crippen molar-refractivity contribution in [3.05, 3.63) is 23.8 Å². The number of ether oxygens (including phenoxy) is 1. The summed E-state index contributed by atoms with van der Waals surface area (Å²) in [5.74, 6) is -0.0821. The van der Waals surface area contributed by atoms with E-state index < -0.39 is 31.0 Å². The molecule has 1 aliphatic heterocycles. The van der Waals surface area contributed by atoms with Gasteiger partial charge >= 0.3 is 6.18 Å². The second-order valence-electron chi connectivity index (χ2n) is 9.66. The molecule has 2 N–H and O–H groups in total. The zero-order valence-electron chi connectivity index (χ0n) is 19.9. The molecule has 2 amide bonds. The maximum Gasteiger partial charge on any atom is 0.389 e. The molecule has 7 nitrogen and oxygen atoms in total. The number of hydrogen-bond donors (Lipinski definition) is 2. The smallest absolute Gasteiger partial charge is 0.389 e. The van der Waals surface area contributed by atoms with Gasteiger partial charge in [-0.25, -0.2) is 0 Å². The number of alkyl halides is 3. The van der Waals surface area contributed by atoms with Crippen LogP contribution in [0.3, 0.4) is 0 Å². The number of likely N-dealkylation sites (N-methyl/N-ethyl adjacent to an activating group) is 1. The lowest BCUT2D eigenvalue weighted by Gasteiger charge is -2.38. The molecule has 1 heterocycles. The molecular weight excluding hydrogens is 451 g/mol. The highest BCUT2D eigenvalue weighted by Gasteiger charge is 2.34. The Morgan fingerprint density at radius 3 is 2.65 bits per heavy atom. The molecule has 1 aliphatic carbocycles. The van der Waals surface area contributed by atoms with E-state index in [0.29, 0.717) is 18.8 Å². The SMILES string of the molecule is C[C@@H]1CN([C@@H](C)CO)C(=O)c2cc(NC(=O)CCC(F)(F)F)ccc2O[C@H]1CN(C)CC1CC1. The van der Waals surface area contributed by atoms with E-state index in [9.17, 15) is 27.9 Å². The van der Waals surface area contributed by atoms with Gasteiger partial charge in [0, 0.05) is 37.7 Å². The summed E-state index contributed by atoms with van der Waals surface area (Å²) >= 11 is 0. The Kier molecular flexibility index (Phi) is 8.46. The zero-order chi connectivity index (χ0) is 25.0. The molecule has 190 valence electrons. The molecule has 10 heteroatoms. The van der Waals surface area contributed by atoms with Crippen LogP contribution >= 0.6 is 0 Å². The number of aliphatic hydroxyl groups excluding tert-OH is 1. The van der Waals surface area contributed by atoms with Gasteiger partial charge in [-0.15, -0.1) is 0 Å². The highest BCUT2D eigenvalue weighted by atomic mass is 19.4. The molecule has 3 rings (SSSR count). The molecular formula is C24H34F3N3O4. The predicted octanol–water partition coefficient (Wildman–Crippen LogP) is 3.53. The van der Waals surface area contributed by atoms with Crippen LogP contribution in [-0.4, -0.2) is 78.3 Å². The number of amides is 2. The van der Waals surface area contributed by atoms with E-state index in [0.717, 1.165) is 12.5 Å². The molecule has 1 fully saturated rings. The van der Waals surface area contributed by atoms with Gasteiger partial charge in [0.1, 0.15) is 11.9 Å². The molecule has 0 aromatic heterocycles. The average molecular weight is 486 g/mol. The van der Waals surface area contributed by atoms with Crippen LogP contribution in [0.1, 0.15) is 49.9 Å². The maximum atomic E-state index is 13.4. The van der Waals surface area contributed by atoms with E-state index in [1.807, 2.05) is 14.0 Å². The largest absolute Gasteiger partial charge is 0.488 e. The molecule has 1 aromatic rings. The van der Waals surface area contributed by atoms with Crippen LogP contribution < -0.4 is 10.1 Å². The molecule has 1 saturated carbocycles. The van der Waals surface area contributed by atoms with E-state index >= 15 is 0 Å². The van der Waals surface area contributed by atoms with Crippen molar-refractivity contribution in [3.8, 4) is 5.75 Å². The van der Waals surface area contributed by atoms with Crippen LogP contribution in [0, 0.1) is 11.8 Å². The Morgan fingerprint density at radius 1 is 1.32 bits per heavy atom. The normalized spacial score (nSPS) is 22.0. The van der Waals surface area contributed by atoms with Crippen LogP contribution in [-0.2, 0) is 4.79 Å². The Balaban J connectivity index is 1.83. The third-order valence-corrected chi connectivity index (χ3v) is 6.34. The molecule has 0 unspecified atom stereocenters. The van der Waals surface area contributed by atoms with Crippen molar-refractivity contribution in [1.29, 1.82) is 0 Å². The van der Waals surface area contributed by atoms with Crippen LogP contribution in [0.15, 0.2) is 18.2 Å². The highest BCUT2D eigenvalue weighted by Crippen LogP contribution is 2.32. The Labute approximate surface area is 198 Å². The third kappa shape index (κ3) is 7.33. The summed E-state index contributed by atoms with van der Waals surface area (Å²) in [6.07, 6.45) is -4.08. The molecule has 0 saturated heterocycles. The summed E-state index contributed by atoms with van der Waals surface area (Å²) in [6.45, 7) is 5.59. The number of halogens is 3. The molecule has 2 aliphatic rings. The van der Waals surface area contributed by atoms with Crippen molar-refractivity contribution in [2.24, 2.45) is 11.8 Å². The number of benzene rings is 1. The number of anilines is 1. The van der Waals surface area contributed by atoms with Crippen molar-refractivity contribution in [1.82, 2.24) is 9.80 Å². The first kappa shape index (κ1) is 26.3. The number of carbonyl (C=O) groups is 2. The lowest BCUT2D eigenvalue weighted by atomic mass is 9.99. The van der Waals surface area contributed by atoms with Gasteiger partial charge in [-0.1, -0.05) is 6.92 Å². The fourth-order valence-electron chi connectivity index (χ4n) is 4.12. The monoisotopic (exact) mass is 485 g/mol. The second kappa shape index (κ2) is 10.9. The number of aliphatic hydroxyl groups is 1. The maximum absolute atomic E-state index is 13.4. The summed E-state index contributed by atoms with van der Waals surface area (Å²) in [4.78, 5) is 29.2. The highest BCUT2D eigenvalue weighted by molar-refractivity contribution is 5.99. The number of rotatable bonds is 9. The van der Waals surface area contributed by atoms with Crippen molar-refractivity contribution in [2.45, 2.75) is 57.9 Å². The first-order valence-electron chi connectivity index (χ1n) is 11.7. The first-order chi connectivity index (χ1) is 16.0. The Morgan fingerprint density at radius 2 is 2.03 bits per heavy atom. The number of nitrogens with zero attached hydrogens (tertiary/aromatic N) is 2. The van der Waals surface area contributed by atoms with Gasteiger partial charge < -0.3 is 25.0 Å². The molecule has 1 aromatic carbocycles. The molecule has 0 radical (unpaired) electrons. The standard InChI is InChI=1S/C24H34F3N3O4/c1-15-11-30(16(2)14-31)23(33)19-10-18(28-22(32)8-9-24(25,26)27)6-7-20(19)34-21(15)13-29(3)12-17-4-5-17/h6-7,10,15-17,21,31H,4-5,8-9,11-14H2,1-3H3,(H,28,32)/t15-,16+,21+/m1/s1. The van der Waals surface area contributed by atoms with E-state index in [1.165, 1.54) is 25.0 Å². The lowest BCUT2D eigenvalue weighted by Crippen LogP contribution is -2.50. The lowest BCUT2D eigenvalue weighted by molar-refractivity contribution is -0.142. The minimum absolute atomic E-state index is 0.00509. The average Bonchev–Trinajstić information content (AvgIpc) is 3.58. The van der Waals surface area contributed by atoms with E-state index in [2.05, 4.69) is 10.2 Å². The van der Waals surface area contributed by atoms with Gasteiger partial charge in [-0.05, 0) is 50.9 Å². The zero-order valence-corrected chi connectivity index (χ0v) is 19.9. The van der Waals surface area contributed by atoms with Crippen molar-refractivity contribution < 1.29 is 32.6 Å². The van der Waals surface area contributed by atoms with Gasteiger partial charge in [0.05, 0.1) is 24.6 Å². The minimum atomic E-state index is -4.42. The predicted molar refractivity (Wildman–Crippen MR) is 122 cm³/mol. The summed E-state index contributed by atoms with van der Waals surface area (Å²) in [5.41, 5.74) is 0.422. The summed E-state index contributed by atoms with van der Waals surface area (Å²) in [6, 6.07) is 4.09. The number of hydrogen-bond acceptors (Lipinski definition) is 5. The quantitative estimate of drug-likeness (QED) is 0.559. The van der Waals surface area contributed by atoms with Crippen LogP contribution in [0.4, 0.5) is 18.9 Å². The van der Waals surface area contributed by atoms with E-state index in [1.54, 1.807) is 17.9 Å². The first-order valence-corrected chi connectivity index (χ1v) is 11.7. The fourth-order valence-corrected chi connectivity index (χ4v) is 4.12. The summed E-state index contributed by atoms with van der Waals surface area (Å²) in [7, 11) is 2.05. The van der Waals surface area contributed by atoms with Crippen LogP contribution in [0.25, 0.3) is 0 Å². The third-order valence-electron chi connectivity index (χ3n) is 6.34. The van der Waals surface area contributed by atoms with Crippen LogP contribution in [0.5, 0.6) is 5.75 Å². The minimum Gasteiger partial charge on any atom is -0.488 e. The van der Waals surface area contributed by atoms with Gasteiger partial charge in [-0.3, -0.25) is 9.59 Å². The number of fused-ring (bicyclic) bond motifs is 1. The van der Waals surface area contributed by atoms with Gasteiger partial charge in [0.25, 0.3) is 5.91 Å². The van der Waals surface area contributed by atoms with Crippen molar-refractivity contribution in [3.63, 3.8) is 0 Å². The van der Waals surface area contributed by atoms with Gasteiger partial charge in [-0.2, -0.15) is 13.2 Å². The second-order valence-corrected chi connectivity index (χ2v) is 9.66. The van der Waals surface area contributed by atoms with Crippen molar-refractivity contribution in [2.75, 3.05) is 38.6 Å². The topological polar surface area (TPSA) is 82.1 Å². The van der Waals surface area contributed by atoms with Gasteiger partial charge in [0.15, 0.2) is 0 Å². The molecule has 0 bridgehead atoms. The number of nitrogens with one attached hydrogen (secondary N) is 1. The van der Waals surface area contributed by atoms with E-state index in [4.69, 9.17) is 4.74 Å². The van der Waals surface area contributed by atoms with E-state index in [-0.39, 0.29) is 35.8 Å². The Hall–Kier alpha value is -2.33. The molecule has 34 heavy (non-hydrogen) atoms. The summed E-state index contributed by atoms with van der Waals surface area (Å²) in [5, 5.41) is 12.2. The molecule has 0 spiro atoms. The van der Waals surface area contributed by atoms with Gasteiger partial charge in [0.2, 0.25) is 5.91 Å². The molecule has 3 atom stereocenters.